The molecule has 2 rings (SSSR count). The van der Waals surface area contributed by atoms with E-state index in [0.29, 0.717) is 0 Å². The van der Waals surface area contributed by atoms with E-state index >= 15 is 0 Å². The van der Waals surface area contributed by atoms with Gasteiger partial charge in [0, 0.05) is 10.5 Å². The first-order valence-electron chi connectivity index (χ1n) is 4.78. The predicted octanol–water partition coefficient (Wildman–Crippen LogP) is 3.49. The molecule has 0 unspecified atom stereocenters. The molecule has 3 heteroatoms. The summed E-state index contributed by atoms with van der Waals surface area (Å²) < 4.78 is 0.868. The molecule has 1 aliphatic carbocycles. The van der Waals surface area contributed by atoms with Crippen LogP contribution in [-0.4, -0.2) is 14.9 Å². The maximum Gasteiger partial charge on any atom is 0.122 e. The molecule has 1 saturated carbocycles. The van der Waals surface area contributed by atoms with Gasteiger partial charge >= 0.3 is 0 Å². The van der Waals surface area contributed by atoms with Crippen molar-refractivity contribution in [2.24, 2.45) is 0 Å². The van der Waals surface area contributed by atoms with Crippen molar-refractivity contribution >= 4 is 27.9 Å². The van der Waals surface area contributed by atoms with Crippen molar-refractivity contribution in [1.82, 2.24) is 0 Å². The van der Waals surface area contributed by atoms with E-state index in [4.69, 9.17) is 5.41 Å². The minimum atomic E-state index is 0.780. The molecular weight excluding hydrogens is 186 g/mol. The molecule has 68 valence electrons. The van der Waals surface area contributed by atoms with Crippen LogP contribution in [0.25, 0.3) is 0 Å². The van der Waals surface area contributed by atoms with E-state index in [1.54, 1.807) is 0 Å². The highest BCUT2D eigenvalue weighted by Gasteiger charge is 2.32. The Balaban J connectivity index is 1.96. The molecule has 0 aromatic heterocycles. The Morgan fingerprint density at radius 1 is 0.917 bits per heavy atom. The topological polar surface area (TPSA) is 23.9 Å². The predicted molar refractivity (Wildman–Crippen MR) is 58.2 cm³/mol. The fourth-order valence-corrected chi connectivity index (χ4v) is 4.98. The number of nitrogens with one attached hydrogen (secondary N) is 1. The van der Waals surface area contributed by atoms with E-state index in [2.05, 4.69) is 0 Å². The van der Waals surface area contributed by atoms with Gasteiger partial charge in [0.25, 0.3) is 0 Å². The van der Waals surface area contributed by atoms with Crippen LogP contribution in [0, 0.1) is 5.41 Å². The van der Waals surface area contributed by atoms with E-state index in [9.17, 15) is 0 Å². The van der Waals surface area contributed by atoms with Crippen molar-refractivity contribution in [3.63, 3.8) is 0 Å². The quantitative estimate of drug-likeness (QED) is 0.648. The minimum Gasteiger partial charge on any atom is -0.288 e. The second-order valence-electron chi connectivity index (χ2n) is 3.59. The van der Waals surface area contributed by atoms with Crippen LogP contribution in [0.5, 0.6) is 0 Å². The zero-order chi connectivity index (χ0) is 8.39. The summed E-state index contributed by atoms with van der Waals surface area (Å²) in [5, 5.41) is 9.17. The van der Waals surface area contributed by atoms with Gasteiger partial charge < -0.3 is 0 Å². The van der Waals surface area contributed by atoms with E-state index in [-0.39, 0.29) is 0 Å². The van der Waals surface area contributed by atoms with Crippen LogP contribution in [0.1, 0.15) is 38.5 Å². The van der Waals surface area contributed by atoms with Crippen LogP contribution >= 0.6 is 23.5 Å². The van der Waals surface area contributed by atoms with Gasteiger partial charge in [-0.05, 0) is 12.8 Å². The SMILES string of the molecule is N=C1S[C@@H]2CCCCCC[C@H]2S1. The molecule has 0 amide bonds. The lowest BCUT2D eigenvalue weighted by molar-refractivity contribution is 0.524. The Morgan fingerprint density at radius 3 is 1.92 bits per heavy atom. The summed E-state index contributed by atoms with van der Waals surface area (Å²) in [6, 6.07) is 0. The molecule has 1 heterocycles. The van der Waals surface area contributed by atoms with Gasteiger partial charge in [-0.1, -0.05) is 49.2 Å². The molecule has 0 aromatic rings. The summed E-state index contributed by atoms with van der Waals surface area (Å²) in [5.41, 5.74) is 0. The Bertz CT molecular complexity index is 163. The molecule has 0 bridgehead atoms. The average molecular weight is 201 g/mol. The molecule has 2 atom stereocenters. The molecule has 1 aliphatic heterocycles. The lowest BCUT2D eigenvalue weighted by atomic mass is 10.0. The number of thioether (sulfide) groups is 2. The molecule has 0 radical (unpaired) electrons. The van der Waals surface area contributed by atoms with Crippen molar-refractivity contribution in [3.8, 4) is 0 Å². The molecule has 2 aliphatic rings. The van der Waals surface area contributed by atoms with Crippen LogP contribution < -0.4 is 0 Å². The molecule has 1 N–H and O–H groups in total. The van der Waals surface area contributed by atoms with Crippen LogP contribution in [0.3, 0.4) is 0 Å². The Hall–Kier alpha value is 0.370. The number of rotatable bonds is 0. The lowest BCUT2D eigenvalue weighted by Gasteiger charge is -2.19. The highest BCUT2D eigenvalue weighted by atomic mass is 32.2. The molecule has 1 nitrogen and oxygen atoms in total. The summed E-state index contributed by atoms with van der Waals surface area (Å²) in [6.07, 6.45) is 8.32. The van der Waals surface area contributed by atoms with E-state index in [1.807, 2.05) is 23.5 Å². The van der Waals surface area contributed by atoms with Gasteiger partial charge in [0.2, 0.25) is 0 Å². The number of hydrogen-bond acceptors (Lipinski definition) is 3. The normalized spacial score (nSPS) is 37.2. The third kappa shape index (κ3) is 1.99. The minimum absolute atomic E-state index is 0.780. The maximum absolute atomic E-state index is 7.61. The summed E-state index contributed by atoms with van der Waals surface area (Å²) in [6.45, 7) is 0. The highest BCUT2D eigenvalue weighted by molar-refractivity contribution is 8.41. The average Bonchev–Trinajstić information content (AvgIpc) is 2.32. The number of fused-ring (bicyclic) bond motifs is 1. The molecule has 0 spiro atoms. The fourth-order valence-electron chi connectivity index (χ4n) is 1.99. The maximum atomic E-state index is 7.61. The Kier molecular flexibility index (Phi) is 3.02. The molecule has 0 aromatic carbocycles. The van der Waals surface area contributed by atoms with Crippen LogP contribution in [0.2, 0.25) is 0 Å². The van der Waals surface area contributed by atoms with Crippen LogP contribution in [0.15, 0.2) is 0 Å². The third-order valence-electron chi connectivity index (χ3n) is 2.66. The summed E-state index contributed by atoms with van der Waals surface area (Å²) in [4.78, 5) is 0. The lowest BCUT2D eigenvalue weighted by Crippen LogP contribution is -2.16. The van der Waals surface area contributed by atoms with Crippen LogP contribution in [-0.2, 0) is 0 Å². The Labute approximate surface area is 82.6 Å². The van der Waals surface area contributed by atoms with Gasteiger partial charge in [0.05, 0.1) is 0 Å². The van der Waals surface area contributed by atoms with E-state index in [0.717, 1.165) is 14.9 Å². The van der Waals surface area contributed by atoms with Gasteiger partial charge in [0.1, 0.15) is 4.38 Å². The first-order chi connectivity index (χ1) is 5.86. The first-order valence-corrected chi connectivity index (χ1v) is 6.54. The van der Waals surface area contributed by atoms with Crippen molar-refractivity contribution in [2.75, 3.05) is 0 Å². The zero-order valence-corrected chi connectivity index (χ0v) is 8.85. The van der Waals surface area contributed by atoms with Gasteiger partial charge in [-0.3, -0.25) is 5.41 Å². The van der Waals surface area contributed by atoms with Crippen LogP contribution in [0.4, 0.5) is 0 Å². The zero-order valence-electron chi connectivity index (χ0n) is 7.21. The van der Waals surface area contributed by atoms with Crippen molar-refractivity contribution < 1.29 is 0 Å². The molecule has 12 heavy (non-hydrogen) atoms. The molecule has 1 saturated heterocycles. The smallest absolute Gasteiger partial charge is 0.122 e. The van der Waals surface area contributed by atoms with Crippen molar-refractivity contribution in [2.45, 2.75) is 49.0 Å². The van der Waals surface area contributed by atoms with E-state index < -0.39 is 0 Å². The molecule has 2 fully saturated rings. The van der Waals surface area contributed by atoms with Crippen molar-refractivity contribution in [1.29, 1.82) is 5.41 Å². The number of hydrogen-bond donors (Lipinski definition) is 1. The first kappa shape index (κ1) is 8.95. The molecular formula is C9H15NS2. The third-order valence-corrected chi connectivity index (χ3v) is 5.57. The monoisotopic (exact) mass is 201 g/mol. The van der Waals surface area contributed by atoms with Gasteiger partial charge in [-0.2, -0.15) is 0 Å². The van der Waals surface area contributed by atoms with Crippen molar-refractivity contribution in [3.05, 3.63) is 0 Å². The second kappa shape index (κ2) is 4.05. The standard InChI is InChI=1S/C9H15NS2/c10-9-11-7-5-3-1-2-4-6-8(7)12-9/h7-8,10H,1-6H2/t7-,8-/m1/s1. The summed E-state index contributed by atoms with van der Waals surface area (Å²) in [7, 11) is 0. The van der Waals surface area contributed by atoms with Gasteiger partial charge in [-0.25, -0.2) is 0 Å². The largest absolute Gasteiger partial charge is 0.288 e. The fraction of sp³-hybridized carbons (Fsp3) is 0.889. The van der Waals surface area contributed by atoms with Gasteiger partial charge in [-0.15, -0.1) is 0 Å². The Morgan fingerprint density at radius 2 is 1.42 bits per heavy atom. The second-order valence-corrected chi connectivity index (χ2v) is 6.35. The van der Waals surface area contributed by atoms with Gasteiger partial charge in [0.15, 0.2) is 0 Å². The summed E-state index contributed by atoms with van der Waals surface area (Å²) in [5.74, 6) is 0. The summed E-state index contributed by atoms with van der Waals surface area (Å²) >= 11 is 3.64. The highest BCUT2D eigenvalue weighted by Crippen LogP contribution is 2.44. The van der Waals surface area contributed by atoms with E-state index in [1.165, 1.54) is 38.5 Å².